The summed E-state index contributed by atoms with van der Waals surface area (Å²) in [5, 5.41) is 0. The van der Waals surface area contributed by atoms with Crippen LogP contribution in [0.15, 0.2) is 36.5 Å². The molecular formula is C22H38O2. The van der Waals surface area contributed by atoms with Crippen LogP contribution in [0.25, 0.3) is 0 Å². The molecule has 2 nitrogen and oxygen atoms in total. The van der Waals surface area contributed by atoms with Gasteiger partial charge in [0.1, 0.15) is 0 Å². The lowest BCUT2D eigenvalue weighted by molar-refractivity contribution is -0.143. The quantitative estimate of drug-likeness (QED) is 0.174. The highest BCUT2D eigenvalue weighted by Crippen LogP contribution is 2.10. The Kier molecular flexibility index (Phi) is 18.7. The summed E-state index contributed by atoms with van der Waals surface area (Å²) in [5.41, 5.74) is 0. The zero-order valence-electron chi connectivity index (χ0n) is 16.0. The fourth-order valence-electron chi connectivity index (χ4n) is 2.48. The third-order valence-corrected chi connectivity index (χ3v) is 3.84. The van der Waals surface area contributed by atoms with Gasteiger partial charge in [-0.3, -0.25) is 4.79 Å². The van der Waals surface area contributed by atoms with Gasteiger partial charge in [0.25, 0.3) is 0 Å². The monoisotopic (exact) mass is 334 g/mol. The van der Waals surface area contributed by atoms with E-state index in [0.717, 1.165) is 32.1 Å². The van der Waals surface area contributed by atoms with E-state index >= 15 is 0 Å². The predicted molar refractivity (Wildman–Crippen MR) is 105 cm³/mol. The standard InChI is InChI=1S/C22H38O2/c1-3-5-6-7-8-9-10-11-12-13-14-15-16-17-18-19-20-21-22(23)24-4-2/h5-6,8-9,11-12H,3-4,7,10,13-21H2,1-2H3/b6-5+,9-8+,12-11+. The molecule has 0 bridgehead atoms. The van der Waals surface area contributed by atoms with Gasteiger partial charge in [0.15, 0.2) is 0 Å². The molecule has 24 heavy (non-hydrogen) atoms. The molecule has 0 radical (unpaired) electrons. The Hall–Kier alpha value is -1.31. The zero-order valence-corrected chi connectivity index (χ0v) is 16.0. The van der Waals surface area contributed by atoms with Crippen LogP contribution in [0.1, 0.15) is 90.9 Å². The maximum atomic E-state index is 11.2. The summed E-state index contributed by atoms with van der Waals surface area (Å²) < 4.78 is 4.92. The molecule has 0 rings (SSSR count). The third-order valence-electron chi connectivity index (χ3n) is 3.84. The Bertz CT molecular complexity index is 353. The zero-order chi connectivity index (χ0) is 17.7. The van der Waals surface area contributed by atoms with Crippen molar-refractivity contribution in [1.82, 2.24) is 0 Å². The van der Waals surface area contributed by atoms with E-state index in [2.05, 4.69) is 43.4 Å². The summed E-state index contributed by atoms with van der Waals surface area (Å²) in [6.07, 6.45) is 27.1. The molecule has 138 valence electrons. The number of hydrogen-bond donors (Lipinski definition) is 0. The van der Waals surface area contributed by atoms with Gasteiger partial charge in [-0.05, 0) is 45.4 Å². The second-order valence-electron chi connectivity index (χ2n) is 6.11. The van der Waals surface area contributed by atoms with Crippen molar-refractivity contribution in [1.29, 1.82) is 0 Å². The van der Waals surface area contributed by atoms with Crippen LogP contribution in [0.4, 0.5) is 0 Å². The summed E-state index contributed by atoms with van der Waals surface area (Å²) in [4.78, 5) is 11.2. The van der Waals surface area contributed by atoms with E-state index in [9.17, 15) is 4.79 Å². The molecule has 0 saturated heterocycles. The Morgan fingerprint density at radius 3 is 1.88 bits per heavy atom. The van der Waals surface area contributed by atoms with Gasteiger partial charge in [0, 0.05) is 6.42 Å². The van der Waals surface area contributed by atoms with Gasteiger partial charge in [0.05, 0.1) is 6.61 Å². The molecular weight excluding hydrogens is 296 g/mol. The van der Waals surface area contributed by atoms with Crippen LogP contribution in [-0.2, 0) is 9.53 Å². The average molecular weight is 335 g/mol. The first-order chi connectivity index (χ1) is 11.8. The number of rotatable bonds is 16. The molecule has 0 aromatic heterocycles. The van der Waals surface area contributed by atoms with Crippen molar-refractivity contribution >= 4 is 5.97 Å². The summed E-state index contributed by atoms with van der Waals surface area (Å²) in [7, 11) is 0. The minimum absolute atomic E-state index is 0.0449. The number of carbonyl (C=O) groups excluding carboxylic acids is 1. The molecule has 0 aromatic rings. The van der Waals surface area contributed by atoms with E-state index < -0.39 is 0 Å². The second-order valence-corrected chi connectivity index (χ2v) is 6.11. The molecule has 0 saturated carbocycles. The molecule has 0 aliphatic carbocycles. The molecule has 0 N–H and O–H groups in total. The summed E-state index contributed by atoms with van der Waals surface area (Å²) in [6.45, 7) is 4.52. The first kappa shape index (κ1) is 22.7. The molecule has 0 heterocycles. The molecule has 0 atom stereocenters. The Labute approximate surface area is 150 Å². The van der Waals surface area contributed by atoms with Gasteiger partial charge in [-0.15, -0.1) is 0 Å². The predicted octanol–water partition coefficient (Wildman–Crippen LogP) is 6.92. The number of carbonyl (C=O) groups is 1. The van der Waals surface area contributed by atoms with Crippen molar-refractivity contribution in [3.8, 4) is 0 Å². The average Bonchev–Trinajstić information content (AvgIpc) is 2.58. The molecule has 0 aromatic carbocycles. The number of ether oxygens (including phenoxy) is 1. The first-order valence-electron chi connectivity index (χ1n) is 9.91. The van der Waals surface area contributed by atoms with Crippen LogP contribution in [-0.4, -0.2) is 12.6 Å². The molecule has 0 fully saturated rings. The third kappa shape index (κ3) is 18.7. The van der Waals surface area contributed by atoms with Crippen LogP contribution in [0, 0.1) is 0 Å². The Morgan fingerprint density at radius 2 is 1.25 bits per heavy atom. The molecule has 2 heteroatoms. The summed E-state index contributed by atoms with van der Waals surface area (Å²) in [6, 6.07) is 0. The van der Waals surface area contributed by atoms with Crippen LogP contribution in [0.5, 0.6) is 0 Å². The molecule has 0 amide bonds. The van der Waals surface area contributed by atoms with Crippen molar-refractivity contribution < 1.29 is 9.53 Å². The topological polar surface area (TPSA) is 26.3 Å². The smallest absolute Gasteiger partial charge is 0.305 e. The molecule has 0 spiro atoms. The van der Waals surface area contributed by atoms with E-state index in [0.29, 0.717) is 13.0 Å². The Balaban J connectivity index is 3.23. The largest absolute Gasteiger partial charge is 0.466 e. The number of allylic oxidation sites excluding steroid dienone is 6. The van der Waals surface area contributed by atoms with Gasteiger partial charge in [-0.25, -0.2) is 0 Å². The van der Waals surface area contributed by atoms with Crippen LogP contribution in [0.3, 0.4) is 0 Å². The van der Waals surface area contributed by atoms with Crippen LogP contribution >= 0.6 is 0 Å². The van der Waals surface area contributed by atoms with Crippen LogP contribution in [0.2, 0.25) is 0 Å². The van der Waals surface area contributed by atoms with Crippen molar-refractivity contribution in [2.75, 3.05) is 6.61 Å². The van der Waals surface area contributed by atoms with Gasteiger partial charge >= 0.3 is 5.97 Å². The van der Waals surface area contributed by atoms with E-state index in [1.54, 1.807) is 0 Å². The summed E-state index contributed by atoms with van der Waals surface area (Å²) in [5.74, 6) is -0.0449. The minimum Gasteiger partial charge on any atom is -0.466 e. The fraction of sp³-hybridized carbons (Fsp3) is 0.682. The first-order valence-corrected chi connectivity index (χ1v) is 9.91. The summed E-state index contributed by atoms with van der Waals surface area (Å²) >= 11 is 0. The van der Waals surface area contributed by atoms with E-state index in [-0.39, 0.29) is 5.97 Å². The van der Waals surface area contributed by atoms with Crippen LogP contribution < -0.4 is 0 Å². The lowest BCUT2D eigenvalue weighted by Crippen LogP contribution is -2.03. The van der Waals surface area contributed by atoms with Gasteiger partial charge in [-0.2, -0.15) is 0 Å². The highest BCUT2D eigenvalue weighted by Gasteiger charge is 2.00. The maximum Gasteiger partial charge on any atom is 0.305 e. The minimum atomic E-state index is -0.0449. The van der Waals surface area contributed by atoms with Crippen molar-refractivity contribution in [2.45, 2.75) is 90.9 Å². The van der Waals surface area contributed by atoms with E-state index in [1.807, 2.05) is 6.92 Å². The SMILES string of the molecule is CC/C=C/C/C=C/C/C=C/CCCCCCCCCC(=O)OCC. The number of unbranched alkanes of at least 4 members (excludes halogenated alkanes) is 7. The highest BCUT2D eigenvalue weighted by molar-refractivity contribution is 5.69. The fourth-order valence-corrected chi connectivity index (χ4v) is 2.48. The second kappa shape index (κ2) is 19.7. The van der Waals surface area contributed by atoms with Crippen molar-refractivity contribution in [3.63, 3.8) is 0 Å². The van der Waals surface area contributed by atoms with Crippen molar-refractivity contribution in [2.24, 2.45) is 0 Å². The lowest BCUT2D eigenvalue weighted by atomic mass is 10.1. The Morgan fingerprint density at radius 1 is 0.708 bits per heavy atom. The number of esters is 1. The van der Waals surface area contributed by atoms with Gasteiger partial charge < -0.3 is 4.74 Å². The van der Waals surface area contributed by atoms with E-state index in [1.165, 1.54) is 38.5 Å². The van der Waals surface area contributed by atoms with Crippen molar-refractivity contribution in [3.05, 3.63) is 36.5 Å². The van der Waals surface area contributed by atoms with Gasteiger partial charge in [-0.1, -0.05) is 75.5 Å². The number of hydrogen-bond acceptors (Lipinski definition) is 2. The maximum absolute atomic E-state index is 11.2. The highest BCUT2D eigenvalue weighted by atomic mass is 16.5. The van der Waals surface area contributed by atoms with Gasteiger partial charge in [0.2, 0.25) is 0 Å². The molecule has 0 aliphatic rings. The molecule has 0 aliphatic heterocycles. The normalized spacial score (nSPS) is 11.9. The lowest BCUT2D eigenvalue weighted by Gasteiger charge is -2.02. The molecule has 0 unspecified atom stereocenters. The van der Waals surface area contributed by atoms with E-state index in [4.69, 9.17) is 4.74 Å².